The first-order chi connectivity index (χ1) is 13.9. The second-order valence-electron chi connectivity index (χ2n) is 6.35. The molecule has 7 nitrogen and oxygen atoms in total. The van der Waals surface area contributed by atoms with Gasteiger partial charge in [0.05, 0.1) is 17.8 Å². The lowest BCUT2D eigenvalue weighted by Gasteiger charge is -2.09. The van der Waals surface area contributed by atoms with E-state index in [1.807, 2.05) is 26.0 Å². The summed E-state index contributed by atoms with van der Waals surface area (Å²) in [6.45, 7) is 3.90. The smallest absolute Gasteiger partial charge is 0.251 e. The van der Waals surface area contributed by atoms with Gasteiger partial charge in [0.25, 0.3) is 5.91 Å². The van der Waals surface area contributed by atoms with Crippen LogP contribution in [0.15, 0.2) is 57.5 Å². The Hall–Kier alpha value is -3.13. The minimum atomic E-state index is -0.340. The number of nitrogens with one attached hydrogen (secondary N) is 2. The number of halogens is 1. The van der Waals surface area contributed by atoms with Crippen LogP contribution in [-0.4, -0.2) is 23.5 Å². The third-order valence-corrected chi connectivity index (χ3v) is 4.75. The maximum atomic E-state index is 12.2. The van der Waals surface area contributed by atoms with Crippen molar-refractivity contribution in [1.82, 2.24) is 10.5 Å². The molecule has 2 amide bonds. The van der Waals surface area contributed by atoms with Crippen molar-refractivity contribution in [2.45, 2.75) is 20.5 Å². The highest BCUT2D eigenvalue weighted by Crippen LogP contribution is 2.18. The normalized spacial score (nSPS) is 10.4. The van der Waals surface area contributed by atoms with E-state index in [0.29, 0.717) is 23.6 Å². The molecule has 1 aromatic heterocycles. The van der Waals surface area contributed by atoms with Crippen molar-refractivity contribution in [3.8, 4) is 5.75 Å². The van der Waals surface area contributed by atoms with Crippen LogP contribution >= 0.6 is 15.9 Å². The van der Waals surface area contributed by atoms with Crippen LogP contribution in [0.4, 0.5) is 5.69 Å². The lowest BCUT2D eigenvalue weighted by molar-refractivity contribution is -0.115. The Bertz CT molecular complexity index is 978. The minimum absolute atomic E-state index is 0.126. The molecule has 0 unspecified atom stereocenters. The Morgan fingerprint density at radius 1 is 1.07 bits per heavy atom. The van der Waals surface area contributed by atoms with Crippen LogP contribution in [-0.2, 0) is 11.4 Å². The van der Waals surface area contributed by atoms with Crippen molar-refractivity contribution in [3.05, 3.63) is 75.6 Å². The molecule has 0 aliphatic heterocycles. The fourth-order valence-corrected chi connectivity index (χ4v) is 2.83. The van der Waals surface area contributed by atoms with Gasteiger partial charge >= 0.3 is 0 Å². The van der Waals surface area contributed by atoms with Gasteiger partial charge in [-0.3, -0.25) is 9.59 Å². The number of amides is 2. The van der Waals surface area contributed by atoms with Crippen molar-refractivity contribution in [2.24, 2.45) is 0 Å². The molecule has 0 aliphatic carbocycles. The third kappa shape index (κ3) is 5.68. The molecule has 150 valence electrons. The zero-order valence-corrected chi connectivity index (χ0v) is 17.6. The fourth-order valence-electron chi connectivity index (χ4n) is 2.57. The zero-order valence-electron chi connectivity index (χ0n) is 16.0. The summed E-state index contributed by atoms with van der Waals surface area (Å²) in [5, 5.41) is 9.20. The lowest BCUT2D eigenvalue weighted by Crippen LogP contribution is -2.32. The highest BCUT2D eigenvalue weighted by atomic mass is 79.9. The predicted octanol–water partition coefficient (Wildman–Crippen LogP) is 4.00. The largest absolute Gasteiger partial charge is 0.489 e. The summed E-state index contributed by atoms with van der Waals surface area (Å²) in [7, 11) is 0. The van der Waals surface area contributed by atoms with E-state index < -0.39 is 0 Å². The third-order valence-electron chi connectivity index (χ3n) is 4.22. The Kier molecular flexibility index (Phi) is 6.66. The summed E-state index contributed by atoms with van der Waals surface area (Å²) in [5.74, 6) is 0.697. The highest BCUT2D eigenvalue weighted by Gasteiger charge is 2.11. The van der Waals surface area contributed by atoms with Crippen molar-refractivity contribution >= 4 is 33.4 Å². The van der Waals surface area contributed by atoms with E-state index in [9.17, 15) is 9.59 Å². The summed E-state index contributed by atoms with van der Waals surface area (Å²) in [4.78, 5) is 24.2. The van der Waals surface area contributed by atoms with Crippen molar-refractivity contribution < 1.29 is 18.8 Å². The first-order valence-electron chi connectivity index (χ1n) is 8.90. The number of carbonyl (C=O) groups excluding carboxylic acids is 2. The number of anilines is 1. The van der Waals surface area contributed by atoms with Gasteiger partial charge in [-0.25, -0.2) is 0 Å². The number of hydrogen-bond donors (Lipinski definition) is 2. The van der Waals surface area contributed by atoms with Gasteiger partial charge < -0.3 is 19.9 Å². The van der Waals surface area contributed by atoms with Gasteiger partial charge in [0.2, 0.25) is 5.91 Å². The van der Waals surface area contributed by atoms with Crippen LogP contribution in [0.3, 0.4) is 0 Å². The van der Waals surface area contributed by atoms with Gasteiger partial charge in [0.15, 0.2) is 0 Å². The first-order valence-corrected chi connectivity index (χ1v) is 9.70. The highest BCUT2D eigenvalue weighted by molar-refractivity contribution is 9.10. The second kappa shape index (κ2) is 9.38. The molecular weight excluding hydrogens is 438 g/mol. The maximum Gasteiger partial charge on any atom is 0.251 e. The number of nitrogens with zero attached hydrogens (tertiary/aromatic N) is 1. The average Bonchev–Trinajstić information content (AvgIpc) is 3.04. The lowest BCUT2D eigenvalue weighted by atomic mass is 10.2. The maximum absolute atomic E-state index is 12.2. The van der Waals surface area contributed by atoms with Crippen molar-refractivity contribution in [3.63, 3.8) is 0 Å². The average molecular weight is 458 g/mol. The van der Waals surface area contributed by atoms with E-state index in [1.54, 1.807) is 36.4 Å². The molecule has 0 bridgehead atoms. The van der Waals surface area contributed by atoms with Gasteiger partial charge in [-0.2, -0.15) is 0 Å². The van der Waals surface area contributed by atoms with Crippen molar-refractivity contribution in [1.29, 1.82) is 0 Å². The number of rotatable bonds is 7. The van der Waals surface area contributed by atoms with Gasteiger partial charge in [-0.05, 0) is 62.4 Å². The molecule has 2 N–H and O–H groups in total. The van der Waals surface area contributed by atoms with E-state index in [-0.39, 0.29) is 18.4 Å². The molecule has 0 radical (unpaired) electrons. The van der Waals surface area contributed by atoms with E-state index in [0.717, 1.165) is 21.5 Å². The number of hydrogen-bond acceptors (Lipinski definition) is 5. The number of ether oxygens (including phenoxy) is 1. The van der Waals surface area contributed by atoms with Gasteiger partial charge in [0.1, 0.15) is 18.1 Å². The summed E-state index contributed by atoms with van der Waals surface area (Å²) >= 11 is 3.33. The molecule has 2 aromatic carbocycles. The van der Waals surface area contributed by atoms with Gasteiger partial charge in [-0.1, -0.05) is 21.1 Å². The Morgan fingerprint density at radius 2 is 1.76 bits per heavy atom. The molecular formula is C21H20BrN3O4. The number of carbonyl (C=O) groups is 2. The molecule has 8 heteroatoms. The molecule has 0 saturated heterocycles. The van der Waals surface area contributed by atoms with Crippen molar-refractivity contribution in [2.75, 3.05) is 11.9 Å². The zero-order chi connectivity index (χ0) is 20.8. The molecule has 3 rings (SSSR count). The minimum Gasteiger partial charge on any atom is -0.489 e. The SMILES string of the molecule is Cc1noc(C)c1COc1ccc(C(=O)NCC(=O)Nc2ccc(Br)cc2)cc1. The van der Waals surface area contributed by atoms with Gasteiger partial charge in [0, 0.05) is 15.7 Å². The molecule has 3 aromatic rings. The molecule has 0 spiro atoms. The van der Waals surface area contributed by atoms with E-state index in [1.165, 1.54) is 0 Å². The fraction of sp³-hybridized carbons (Fsp3) is 0.190. The van der Waals surface area contributed by atoms with E-state index in [2.05, 4.69) is 31.7 Å². The van der Waals surface area contributed by atoms with Crippen LogP contribution < -0.4 is 15.4 Å². The Balaban J connectivity index is 1.48. The van der Waals surface area contributed by atoms with Crippen LogP contribution in [0.5, 0.6) is 5.75 Å². The Morgan fingerprint density at radius 3 is 2.38 bits per heavy atom. The number of aryl methyl sites for hydroxylation is 2. The summed E-state index contributed by atoms with van der Waals surface area (Å²) in [5.41, 5.74) is 2.79. The molecule has 1 heterocycles. The number of aromatic nitrogens is 1. The summed E-state index contributed by atoms with van der Waals surface area (Å²) < 4.78 is 11.7. The molecule has 0 saturated carbocycles. The van der Waals surface area contributed by atoms with Crippen LogP contribution in [0, 0.1) is 13.8 Å². The van der Waals surface area contributed by atoms with Crippen LogP contribution in [0.2, 0.25) is 0 Å². The van der Waals surface area contributed by atoms with E-state index >= 15 is 0 Å². The summed E-state index contributed by atoms with van der Waals surface area (Å²) in [6, 6.07) is 13.9. The van der Waals surface area contributed by atoms with Crippen LogP contribution in [0.25, 0.3) is 0 Å². The standard InChI is InChI=1S/C21H20BrN3O4/c1-13-19(14(2)29-25-13)12-28-18-9-3-15(4-10-18)21(27)23-11-20(26)24-17-7-5-16(22)6-8-17/h3-10H,11-12H2,1-2H3,(H,23,27)(H,24,26). The molecule has 0 fully saturated rings. The molecule has 0 aliphatic rings. The first kappa shape index (κ1) is 20.6. The summed E-state index contributed by atoms with van der Waals surface area (Å²) in [6.07, 6.45) is 0. The number of benzene rings is 2. The molecule has 0 atom stereocenters. The quantitative estimate of drug-likeness (QED) is 0.558. The Labute approximate surface area is 176 Å². The van der Waals surface area contributed by atoms with Crippen LogP contribution in [0.1, 0.15) is 27.4 Å². The topological polar surface area (TPSA) is 93.5 Å². The van der Waals surface area contributed by atoms with Gasteiger partial charge in [-0.15, -0.1) is 0 Å². The molecule has 29 heavy (non-hydrogen) atoms. The monoisotopic (exact) mass is 457 g/mol. The predicted molar refractivity (Wildman–Crippen MR) is 112 cm³/mol. The van der Waals surface area contributed by atoms with E-state index in [4.69, 9.17) is 9.26 Å². The second-order valence-corrected chi connectivity index (χ2v) is 7.27.